The van der Waals surface area contributed by atoms with Crippen molar-refractivity contribution in [2.24, 2.45) is 5.92 Å². The first kappa shape index (κ1) is 19.3. The molecule has 1 aliphatic heterocycles. The Morgan fingerprint density at radius 1 is 1.19 bits per heavy atom. The highest BCUT2D eigenvalue weighted by Gasteiger charge is 2.28. The third-order valence-corrected chi connectivity index (χ3v) is 4.80. The number of carbonyl (C=O) groups is 1. The van der Waals surface area contributed by atoms with Crippen molar-refractivity contribution in [3.63, 3.8) is 0 Å². The molecule has 1 aliphatic rings. The van der Waals surface area contributed by atoms with E-state index in [4.69, 9.17) is 9.47 Å². The average molecular weight is 375 g/mol. The second kappa shape index (κ2) is 8.95. The van der Waals surface area contributed by atoms with Gasteiger partial charge in [-0.1, -0.05) is 12.1 Å². The second-order valence-electron chi connectivity index (χ2n) is 6.63. The van der Waals surface area contributed by atoms with Gasteiger partial charge in [0.05, 0.1) is 12.7 Å². The molecule has 0 spiro atoms. The predicted molar refractivity (Wildman–Crippen MR) is 98.3 cm³/mol. The van der Waals surface area contributed by atoms with Gasteiger partial charge in [0.15, 0.2) is 17.3 Å². The first-order valence-electron chi connectivity index (χ1n) is 9.06. The van der Waals surface area contributed by atoms with Crippen LogP contribution in [0.4, 0.5) is 8.78 Å². The molecule has 2 aromatic carbocycles. The van der Waals surface area contributed by atoms with Crippen LogP contribution in [0.5, 0.6) is 11.5 Å². The number of Topliss-reactive ketones (excluding diaryl/α,β-unsaturated/α-hetero) is 1. The Morgan fingerprint density at radius 3 is 2.74 bits per heavy atom. The van der Waals surface area contributed by atoms with Crippen molar-refractivity contribution in [3.05, 3.63) is 59.7 Å². The number of nitrogens with zero attached hydrogens (tertiary/aromatic N) is 1. The minimum Gasteiger partial charge on any atom is -0.493 e. The molecule has 1 fully saturated rings. The average Bonchev–Trinajstić information content (AvgIpc) is 2.70. The molecule has 0 N–H and O–H groups in total. The number of piperidine rings is 1. The number of halogens is 2. The van der Waals surface area contributed by atoms with E-state index < -0.39 is 11.6 Å². The summed E-state index contributed by atoms with van der Waals surface area (Å²) in [7, 11) is 1.59. The lowest BCUT2D eigenvalue weighted by Gasteiger charge is -2.32. The fourth-order valence-corrected chi connectivity index (χ4v) is 3.40. The lowest BCUT2D eigenvalue weighted by atomic mass is 9.89. The number of hydrogen-bond donors (Lipinski definition) is 0. The number of hydrogen-bond acceptors (Lipinski definition) is 4. The molecule has 1 heterocycles. The number of ketones is 1. The predicted octanol–water partition coefficient (Wildman–Crippen LogP) is 3.95. The first-order chi connectivity index (χ1) is 13.1. The smallest absolute Gasteiger partial charge is 0.170 e. The molecule has 0 unspecified atom stereocenters. The minimum atomic E-state index is -0.668. The Balaban J connectivity index is 1.56. The quantitative estimate of drug-likeness (QED) is 0.687. The summed E-state index contributed by atoms with van der Waals surface area (Å²) in [5.41, 5.74) is -0.160. The second-order valence-corrected chi connectivity index (χ2v) is 6.63. The lowest BCUT2D eigenvalue weighted by Crippen LogP contribution is -2.40. The largest absolute Gasteiger partial charge is 0.493 e. The van der Waals surface area contributed by atoms with Crippen LogP contribution >= 0.6 is 0 Å². The molecule has 0 aliphatic carbocycles. The molecule has 0 radical (unpaired) electrons. The van der Waals surface area contributed by atoms with Gasteiger partial charge in [0.25, 0.3) is 0 Å². The van der Waals surface area contributed by atoms with Crippen molar-refractivity contribution in [3.8, 4) is 11.5 Å². The number of rotatable bonds is 7. The number of ether oxygens (including phenoxy) is 2. The van der Waals surface area contributed by atoms with Crippen LogP contribution in [0.3, 0.4) is 0 Å². The summed E-state index contributed by atoms with van der Waals surface area (Å²) in [6.45, 7) is 2.47. The molecule has 3 rings (SSSR count). The number of likely N-dealkylation sites (tertiary alicyclic amines) is 1. The van der Waals surface area contributed by atoms with Gasteiger partial charge >= 0.3 is 0 Å². The van der Waals surface area contributed by atoms with Gasteiger partial charge in [-0.3, -0.25) is 9.69 Å². The SMILES string of the molecule is COc1ccccc1OCCN1CCC[C@H](C(=O)c2cc(F)ccc2F)C1. The summed E-state index contributed by atoms with van der Waals surface area (Å²) in [5, 5.41) is 0. The van der Waals surface area contributed by atoms with Crippen LogP contribution in [0.15, 0.2) is 42.5 Å². The van der Waals surface area contributed by atoms with E-state index in [9.17, 15) is 13.6 Å². The van der Waals surface area contributed by atoms with Gasteiger partial charge < -0.3 is 9.47 Å². The van der Waals surface area contributed by atoms with E-state index >= 15 is 0 Å². The summed E-state index contributed by atoms with van der Waals surface area (Å²) in [6.07, 6.45) is 1.51. The van der Waals surface area contributed by atoms with Crippen LogP contribution in [-0.2, 0) is 0 Å². The zero-order valence-corrected chi connectivity index (χ0v) is 15.3. The van der Waals surface area contributed by atoms with Crippen molar-refractivity contribution < 1.29 is 23.0 Å². The topological polar surface area (TPSA) is 38.8 Å². The van der Waals surface area contributed by atoms with Gasteiger partial charge in [-0.05, 0) is 49.7 Å². The molecule has 6 heteroatoms. The summed E-state index contributed by atoms with van der Waals surface area (Å²) < 4.78 is 38.3. The van der Waals surface area contributed by atoms with E-state index in [2.05, 4.69) is 4.90 Å². The van der Waals surface area contributed by atoms with Crippen molar-refractivity contribution in [2.75, 3.05) is 33.4 Å². The number of para-hydroxylation sites is 2. The van der Waals surface area contributed by atoms with E-state index in [0.29, 0.717) is 37.6 Å². The van der Waals surface area contributed by atoms with Gasteiger partial charge in [0, 0.05) is 19.0 Å². The maximum atomic E-state index is 13.9. The molecule has 1 atom stereocenters. The molecular formula is C21H23F2NO3. The van der Waals surface area contributed by atoms with Crippen LogP contribution in [0.2, 0.25) is 0 Å². The Labute approximate surface area is 157 Å². The van der Waals surface area contributed by atoms with Gasteiger partial charge in [0.1, 0.15) is 18.2 Å². The fraction of sp³-hybridized carbons (Fsp3) is 0.381. The van der Waals surface area contributed by atoms with Gasteiger partial charge in [0.2, 0.25) is 0 Å². The standard InChI is InChI=1S/C21H23F2NO3/c1-26-19-6-2-3-7-20(19)27-12-11-24-10-4-5-15(14-24)21(25)17-13-16(22)8-9-18(17)23/h2-3,6-9,13,15H,4-5,10-12,14H2,1H3/t15-/m0/s1. The van der Waals surface area contributed by atoms with E-state index in [1.165, 1.54) is 0 Å². The molecule has 0 amide bonds. The van der Waals surface area contributed by atoms with Crippen molar-refractivity contribution in [1.29, 1.82) is 0 Å². The Morgan fingerprint density at radius 2 is 1.96 bits per heavy atom. The zero-order valence-electron chi connectivity index (χ0n) is 15.3. The number of benzene rings is 2. The molecule has 2 aromatic rings. The third kappa shape index (κ3) is 4.83. The minimum absolute atomic E-state index is 0.160. The van der Waals surface area contributed by atoms with Crippen LogP contribution in [0.1, 0.15) is 23.2 Å². The maximum absolute atomic E-state index is 13.9. The summed E-state index contributed by atoms with van der Waals surface area (Å²) >= 11 is 0. The van der Waals surface area contributed by atoms with E-state index in [1.807, 2.05) is 24.3 Å². The molecule has 1 saturated heterocycles. The van der Waals surface area contributed by atoms with E-state index in [1.54, 1.807) is 7.11 Å². The molecule has 0 saturated carbocycles. The van der Waals surface area contributed by atoms with Gasteiger partial charge in [-0.2, -0.15) is 0 Å². The molecular weight excluding hydrogens is 352 g/mol. The van der Waals surface area contributed by atoms with E-state index in [-0.39, 0.29) is 17.3 Å². The molecule has 144 valence electrons. The molecule has 4 nitrogen and oxygen atoms in total. The fourth-order valence-electron chi connectivity index (χ4n) is 3.40. The van der Waals surface area contributed by atoms with Crippen molar-refractivity contribution in [1.82, 2.24) is 4.90 Å². The monoisotopic (exact) mass is 375 g/mol. The Bertz CT molecular complexity index is 797. The maximum Gasteiger partial charge on any atom is 0.170 e. The summed E-state index contributed by atoms with van der Waals surface area (Å²) in [5.74, 6) is -0.587. The van der Waals surface area contributed by atoms with Crippen LogP contribution in [-0.4, -0.2) is 44.0 Å². The summed E-state index contributed by atoms with van der Waals surface area (Å²) in [4.78, 5) is 14.7. The molecule has 0 bridgehead atoms. The highest BCUT2D eigenvalue weighted by atomic mass is 19.1. The van der Waals surface area contributed by atoms with Gasteiger partial charge in [-0.15, -0.1) is 0 Å². The first-order valence-corrected chi connectivity index (χ1v) is 9.06. The van der Waals surface area contributed by atoms with Crippen LogP contribution in [0.25, 0.3) is 0 Å². The number of carbonyl (C=O) groups excluding carboxylic acids is 1. The number of methoxy groups -OCH3 is 1. The van der Waals surface area contributed by atoms with E-state index in [0.717, 1.165) is 31.2 Å². The lowest BCUT2D eigenvalue weighted by molar-refractivity contribution is 0.0795. The highest BCUT2D eigenvalue weighted by Crippen LogP contribution is 2.26. The zero-order chi connectivity index (χ0) is 19.2. The third-order valence-electron chi connectivity index (χ3n) is 4.80. The normalized spacial score (nSPS) is 17.5. The van der Waals surface area contributed by atoms with Crippen LogP contribution < -0.4 is 9.47 Å². The molecule has 0 aromatic heterocycles. The highest BCUT2D eigenvalue weighted by molar-refractivity contribution is 5.98. The van der Waals surface area contributed by atoms with Crippen molar-refractivity contribution >= 4 is 5.78 Å². The van der Waals surface area contributed by atoms with Gasteiger partial charge in [-0.25, -0.2) is 8.78 Å². The van der Waals surface area contributed by atoms with Crippen molar-refractivity contribution in [2.45, 2.75) is 12.8 Å². The van der Waals surface area contributed by atoms with Crippen LogP contribution in [0, 0.1) is 17.6 Å². The molecule has 27 heavy (non-hydrogen) atoms. The summed E-state index contributed by atoms with van der Waals surface area (Å²) in [6, 6.07) is 10.4. The Hall–Kier alpha value is -2.47. The Kier molecular flexibility index (Phi) is 6.40.